The summed E-state index contributed by atoms with van der Waals surface area (Å²) in [4.78, 5) is 37.7. The molecular weight excluding hydrogens is 918 g/mol. The number of nitrogens with zero attached hydrogens (tertiary/aromatic N) is 1. The van der Waals surface area contributed by atoms with Crippen LogP contribution in [0.2, 0.25) is 0 Å². The summed E-state index contributed by atoms with van der Waals surface area (Å²) in [6.07, 6.45) is 73.9. The molecule has 0 aromatic rings. The van der Waals surface area contributed by atoms with Crippen molar-refractivity contribution in [1.82, 2.24) is 0 Å². The average Bonchev–Trinajstić information content (AvgIpc) is 3.34. The smallest absolute Gasteiger partial charge is 0.306 e. The molecule has 0 aliphatic carbocycles. The number of phosphoric acid groups is 1. The zero-order chi connectivity index (χ0) is 52.7. The van der Waals surface area contributed by atoms with Gasteiger partial charge in [-0.15, -0.1) is 0 Å². The van der Waals surface area contributed by atoms with Gasteiger partial charge in [0.05, 0.1) is 27.7 Å². The van der Waals surface area contributed by atoms with Crippen molar-refractivity contribution >= 4 is 19.8 Å². The number of unbranched alkanes of at least 4 members (excludes halogenated alkanes) is 16. The quantitative estimate of drug-likeness (QED) is 0.0195. The lowest BCUT2D eigenvalue weighted by atomic mass is 10.0. The van der Waals surface area contributed by atoms with Crippen LogP contribution in [0.1, 0.15) is 206 Å². The van der Waals surface area contributed by atoms with Crippen molar-refractivity contribution in [2.75, 3.05) is 47.5 Å². The molecule has 0 aliphatic heterocycles. The van der Waals surface area contributed by atoms with Crippen molar-refractivity contribution in [1.29, 1.82) is 0 Å². The van der Waals surface area contributed by atoms with Gasteiger partial charge in [0.25, 0.3) is 7.82 Å². The Morgan fingerprint density at radius 2 is 0.792 bits per heavy atom. The molecule has 0 aliphatic rings. The molecule has 0 amide bonds. The molecule has 0 saturated heterocycles. The van der Waals surface area contributed by atoms with E-state index in [-0.39, 0.29) is 26.1 Å². The fourth-order valence-corrected chi connectivity index (χ4v) is 7.88. The molecule has 0 radical (unpaired) electrons. The summed E-state index contributed by atoms with van der Waals surface area (Å²) < 4.78 is 34.0. The Labute approximate surface area is 441 Å². The van der Waals surface area contributed by atoms with Crippen molar-refractivity contribution in [3.05, 3.63) is 122 Å². The summed E-state index contributed by atoms with van der Waals surface area (Å²) in [5.41, 5.74) is 0. The van der Waals surface area contributed by atoms with Crippen LogP contribution in [0.4, 0.5) is 0 Å². The number of carbonyl (C=O) groups is 2. The summed E-state index contributed by atoms with van der Waals surface area (Å²) in [7, 11) is 1.13. The van der Waals surface area contributed by atoms with E-state index in [2.05, 4.69) is 135 Å². The van der Waals surface area contributed by atoms with E-state index in [9.17, 15) is 19.0 Å². The molecule has 10 heteroatoms. The van der Waals surface area contributed by atoms with Gasteiger partial charge in [-0.2, -0.15) is 0 Å². The molecule has 0 aromatic carbocycles. The van der Waals surface area contributed by atoms with Gasteiger partial charge in [0.2, 0.25) is 0 Å². The van der Waals surface area contributed by atoms with Crippen LogP contribution < -0.4 is 4.89 Å². The van der Waals surface area contributed by atoms with E-state index in [1.807, 2.05) is 21.1 Å². The van der Waals surface area contributed by atoms with Gasteiger partial charge in [-0.1, -0.05) is 225 Å². The number of hydrogen-bond acceptors (Lipinski definition) is 8. The first-order chi connectivity index (χ1) is 35.0. The predicted octanol–water partition coefficient (Wildman–Crippen LogP) is 17.0. The fraction of sp³-hybridized carbons (Fsp3) is 0.645. The van der Waals surface area contributed by atoms with Crippen molar-refractivity contribution in [3.63, 3.8) is 0 Å². The average molecular weight is 1020 g/mol. The normalized spacial score (nSPS) is 14.2. The second-order valence-electron chi connectivity index (χ2n) is 19.6. The lowest BCUT2D eigenvalue weighted by molar-refractivity contribution is -0.870. The molecule has 0 bridgehead atoms. The van der Waals surface area contributed by atoms with Gasteiger partial charge in [-0.05, 0) is 89.9 Å². The number of quaternary nitrogens is 1. The minimum atomic E-state index is -4.65. The third kappa shape index (κ3) is 55.7. The summed E-state index contributed by atoms with van der Waals surface area (Å²) in [5, 5.41) is 0. The fourth-order valence-electron chi connectivity index (χ4n) is 7.15. The number of ether oxygens (including phenoxy) is 2. The van der Waals surface area contributed by atoms with E-state index < -0.39 is 32.5 Å². The first kappa shape index (κ1) is 68.4. The van der Waals surface area contributed by atoms with E-state index >= 15 is 0 Å². The summed E-state index contributed by atoms with van der Waals surface area (Å²) >= 11 is 0. The molecule has 9 nitrogen and oxygen atoms in total. The van der Waals surface area contributed by atoms with Crippen LogP contribution in [-0.2, 0) is 32.7 Å². The second-order valence-corrected chi connectivity index (χ2v) is 21.0. The number of likely N-dealkylation sites (N-methyl/N-ethyl adjacent to an activating group) is 1. The number of allylic oxidation sites excluding steroid dienone is 20. The highest BCUT2D eigenvalue weighted by Crippen LogP contribution is 2.38. The highest BCUT2D eigenvalue weighted by atomic mass is 31.2. The molecule has 2 unspecified atom stereocenters. The SMILES string of the molecule is CC/C=C\C/C=C\C/C=C\C/C=C\C/C=C\C/C=C\C/C=C\C/C=C\C/C=C\C/C=C\CCCCCCC(=O)OC(COC(=O)CCCCCCCCCCCCCCC)COP(=O)([O-])OCC[N+](C)(C)C. The minimum absolute atomic E-state index is 0.0414. The molecule has 0 fully saturated rings. The van der Waals surface area contributed by atoms with Gasteiger partial charge in [-0.25, -0.2) is 0 Å². The van der Waals surface area contributed by atoms with Gasteiger partial charge in [0.1, 0.15) is 19.8 Å². The lowest BCUT2D eigenvalue weighted by Gasteiger charge is -2.28. The zero-order valence-corrected chi connectivity index (χ0v) is 47.2. The Bertz CT molecular complexity index is 1630. The highest BCUT2D eigenvalue weighted by molar-refractivity contribution is 7.45. The summed E-state index contributed by atoms with van der Waals surface area (Å²) in [5.74, 6) is -0.869. The monoisotopic (exact) mass is 1020 g/mol. The van der Waals surface area contributed by atoms with E-state index in [1.165, 1.54) is 64.2 Å². The Morgan fingerprint density at radius 3 is 1.18 bits per heavy atom. The molecule has 0 N–H and O–H groups in total. The van der Waals surface area contributed by atoms with Crippen LogP contribution in [0.5, 0.6) is 0 Å². The number of esters is 2. The standard InChI is InChI=1S/C62H104NO8P/c1-6-8-10-12-14-16-18-20-21-22-23-24-25-26-27-28-29-30-31-32-33-34-35-36-37-38-39-40-41-43-45-47-49-51-53-55-62(65)71-60(59-70-72(66,67)69-57-56-63(3,4)5)58-68-61(64)54-52-50-48-46-44-42-19-17-15-13-11-9-7-2/h8,10,14,16,20-21,23-24,26-27,29-30,32-33,35-36,38-39,41,43,60H,6-7,9,11-13,15,17-19,22,25,28,31,34,37,40,42,44-59H2,1-5H3/b10-8-,16-14-,21-20-,24-23-,27-26-,30-29-,33-32-,36-35-,39-38-,43-41-. The van der Waals surface area contributed by atoms with Crippen LogP contribution in [0, 0.1) is 0 Å². The largest absolute Gasteiger partial charge is 0.756 e. The molecule has 0 spiro atoms. The molecule has 0 saturated carbocycles. The topological polar surface area (TPSA) is 111 Å². The highest BCUT2D eigenvalue weighted by Gasteiger charge is 2.21. The molecule has 410 valence electrons. The number of rotatable bonds is 50. The minimum Gasteiger partial charge on any atom is -0.756 e. The number of phosphoric ester groups is 1. The third-order valence-electron chi connectivity index (χ3n) is 11.5. The van der Waals surface area contributed by atoms with E-state index in [0.29, 0.717) is 17.4 Å². The van der Waals surface area contributed by atoms with Crippen LogP contribution in [0.15, 0.2) is 122 Å². The Kier molecular flexibility index (Phi) is 49.7. The van der Waals surface area contributed by atoms with Crippen LogP contribution in [-0.4, -0.2) is 70.0 Å². The maximum absolute atomic E-state index is 12.8. The van der Waals surface area contributed by atoms with Crippen LogP contribution in [0.3, 0.4) is 0 Å². The molecule has 72 heavy (non-hydrogen) atoms. The first-order valence-corrected chi connectivity index (χ1v) is 29.7. The van der Waals surface area contributed by atoms with E-state index in [0.717, 1.165) is 109 Å². The maximum Gasteiger partial charge on any atom is 0.306 e. The van der Waals surface area contributed by atoms with Crippen LogP contribution >= 0.6 is 7.82 Å². The zero-order valence-electron chi connectivity index (χ0n) is 46.3. The van der Waals surface area contributed by atoms with Crippen LogP contribution in [0.25, 0.3) is 0 Å². The molecule has 0 aromatic heterocycles. The Hall–Kier alpha value is -3.59. The van der Waals surface area contributed by atoms with Crippen molar-refractivity contribution in [3.8, 4) is 0 Å². The molecule has 0 rings (SSSR count). The van der Waals surface area contributed by atoms with Gasteiger partial charge < -0.3 is 27.9 Å². The lowest BCUT2D eigenvalue weighted by Crippen LogP contribution is -2.37. The predicted molar refractivity (Wildman–Crippen MR) is 305 cm³/mol. The number of carbonyl (C=O) groups excluding carboxylic acids is 2. The van der Waals surface area contributed by atoms with E-state index in [1.54, 1.807) is 0 Å². The molecular formula is C62H104NO8P. The molecule has 2 atom stereocenters. The van der Waals surface area contributed by atoms with Gasteiger partial charge in [-0.3, -0.25) is 14.2 Å². The first-order valence-electron chi connectivity index (χ1n) is 28.2. The summed E-state index contributed by atoms with van der Waals surface area (Å²) in [6.45, 7) is 4.07. The van der Waals surface area contributed by atoms with Crippen molar-refractivity contribution in [2.45, 2.75) is 213 Å². The Balaban J connectivity index is 4.23. The van der Waals surface area contributed by atoms with Crippen molar-refractivity contribution in [2.24, 2.45) is 0 Å². The summed E-state index contributed by atoms with van der Waals surface area (Å²) in [6, 6.07) is 0. The van der Waals surface area contributed by atoms with Gasteiger partial charge in [0, 0.05) is 12.8 Å². The van der Waals surface area contributed by atoms with Crippen molar-refractivity contribution < 1.29 is 42.1 Å². The van der Waals surface area contributed by atoms with Gasteiger partial charge in [0.15, 0.2) is 6.10 Å². The number of hydrogen-bond donors (Lipinski definition) is 0. The Morgan fingerprint density at radius 1 is 0.444 bits per heavy atom. The van der Waals surface area contributed by atoms with E-state index in [4.69, 9.17) is 18.5 Å². The third-order valence-corrected chi connectivity index (χ3v) is 12.5. The maximum atomic E-state index is 12.8. The molecule has 0 heterocycles. The second kappa shape index (κ2) is 52.3. The van der Waals surface area contributed by atoms with Gasteiger partial charge >= 0.3 is 11.9 Å².